The topological polar surface area (TPSA) is 34.1 Å². The summed E-state index contributed by atoms with van der Waals surface area (Å²) in [5, 5.41) is 1.39. The minimum atomic E-state index is -3.19. The van der Waals surface area contributed by atoms with Crippen molar-refractivity contribution in [2.24, 2.45) is 0 Å². The smallest absolute Gasteiger partial charge is 0.174 e. The summed E-state index contributed by atoms with van der Waals surface area (Å²) < 4.78 is 14.5. The summed E-state index contributed by atoms with van der Waals surface area (Å²) in [5.74, 6) is -0.110. The molecule has 3 aromatic rings. The van der Waals surface area contributed by atoms with Crippen LogP contribution in [0.3, 0.4) is 0 Å². The third-order valence-electron chi connectivity index (χ3n) is 4.47. The lowest BCUT2D eigenvalue weighted by Crippen LogP contribution is -2.31. The van der Waals surface area contributed by atoms with Crippen LogP contribution in [0.5, 0.6) is 0 Å². The van der Waals surface area contributed by atoms with E-state index in [9.17, 15) is 9.36 Å². The predicted molar refractivity (Wildman–Crippen MR) is 109 cm³/mol. The van der Waals surface area contributed by atoms with Crippen LogP contribution in [0.2, 0.25) is 0 Å². The van der Waals surface area contributed by atoms with E-state index < -0.39 is 12.8 Å². The van der Waals surface area contributed by atoms with E-state index in [1.807, 2.05) is 78.9 Å². The average molecular weight is 360 g/mol. The Morgan fingerprint density at radius 2 is 1.23 bits per heavy atom. The minimum absolute atomic E-state index is 0.110. The van der Waals surface area contributed by atoms with E-state index in [-0.39, 0.29) is 5.78 Å². The zero-order valence-electron chi connectivity index (χ0n) is 14.5. The van der Waals surface area contributed by atoms with E-state index in [1.165, 1.54) is 0 Å². The zero-order chi connectivity index (χ0) is 18.4. The second-order valence-corrected chi connectivity index (χ2v) is 9.07. The fraction of sp³-hybridized carbons (Fsp3) is 0.0870. The van der Waals surface area contributed by atoms with Gasteiger partial charge in [-0.25, -0.2) is 0 Å². The fourth-order valence-corrected chi connectivity index (χ4v) is 6.35. The molecule has 0 saturated carbocycles. The molecule has 0 aromatic heterocycles. The maximum absolute atomic E-state index is 14.5. The average Bonchev–Trinajstić information content (AvgIpc) is 2.73. The standard InChI is InChI=1S/C23H21O2P/c1-2-12-22(23(24)19-13-6-3-7-14-19)26(25,20-15-8-4-9-16-20)21-17-10-5-11-18-21/h2-11,13-18,22H,1,12H2. The van der Waals surface area contributed by atoms with Crippen LogP contribution in [0.25, 0.3) is 0 Å². The third-order valence-corrected chi connectivity index (χ3v) is 7.92. The number of ketones is 1. The summed E-state index contributed by atoms with van der Waals surface area (Å²) in [4.78, 5) is 13.3. The zero-order valence-corrected chi connectivity index (χ0v) is 15.4. The summed E-state index contributed by atoms with van der Waals surface area (Å²) >= 11 is 0. The van der Waals surface area contributed by atoms with Gasteiger partial charge in [0.05, 0.1) is 5.66 Å². The van der Waals surface area contributed by atoms with Crippen LogP contribution in [0.15, 0.2) is 104 Å². The van der Waals surface area contributed by atoms with Gasteiger partial charge in [0, 0.05) is 16.2 Å². The molecule has 0 aliphatic rings. The van der Waals surface area contributed by atoms with Gasteiger partial charge in [-0.1, -0.05) is 97.1 Å². The first-order valence-electron chi connectivity index (χ1n) is 8.59. The molecule has 0 aliphatic carbocycles. The normalized spacial score (nSPS) is 12.3. The molecule has 0 radical (unpaired) electrons. The summed E-state index contributed by atoms with van der Waals surface area (Å²) in [5.41, 5.74) is -0.0985. The van der Waals surface area contributed by atoms with Gasteiger partial charge in [-0.2, -0.15) is 0 Å². The van der Waals surface area contributed by atoms with Gasteiger partial charge in [0.15, 0.2) is 12.9 Å². The number of Topliss-reactive ketones (excluding diaryl/α,β-unsaturated/α-hetero) is 1. The maximum atomic E-state index is 14.5. The Kier molecular flexibility index (Phi) is 5.65. The van der Waals surface area contributed by atoms with E-state index in [0.717, 1.165) is 0 Å². The molecule has 0 spiro atoms. The van der Waals surface area contributed by atoms with Crippen molar-refractivity contribution < 1.29 is 9.36 Å². The lowest BCUT2D eigenvalue weighted by molar-refractivity contribution is 0.0987. The van der Waals surface area contributed by atoms with Crippen molar-refractivity contribution in [3.05, 3.63) is 109 Å². The number of rotatable bonds is 7. The lowest BCUT2D eigenvalue weighted by Gasteiger charge is -2.27. The van der Waals surface area contributed by atoms with Crippen LogP contribution in [0.1, 0.15) is 16.8 Å². The quantitative estimate of drug-likeness (QED) is 0.344. The SMILES string of the molecule is C=CCC(C(=O)c1ccccc1)P(=O)(c1ccccc1)c1ccccc1. The number of allylic oxidation sites excluding steroid dienone is 1. The van der Waals surface area contributed by atoms with Crippen LogP contribution >= 0.6 is 7.14 Å². The fourth-order valence-electron chi connectivity index (χ4n) is 3.18. The van der Waals surface area contributed by atoms with Gasteiger partial charge in [-0.3, -0.25) is 4.79 Å². The Bertz CT molecular complexity index is 875. The van der Waals surface area contributed by atoms with E-state index in [0.29, 0.717) is 22.6 Å². The Morgan fingerprint density at radius 3 is 1.65 bits per heavy atom. The van der Waals surface area contributed by atoms with Crippen LogP contribution < -0.4 is 10.6 Å². The van der Waals surface area contributed by atoms with Crippen molar-refractivity contribution in [2.75, 3.05) is 0 Å². The summed E-state index contributed by atoms with van der Waals surface area (Å²) in [6.45, 7) is 3.80. The number of benzene rings is 3. The van der Waals surface area contributed by atoms with Gasteiger partial charge in [-0.05, 0) is 6.42 Å². The molecule has 0 N–H and O–H groups in total. The van der Waals surface area contributed by atoms with Crippen molar-refractivity contribution in [1.29, 1.82) is 0 Å². The lowest BCUT2D eigenvalue weighted by atomic mass is 10.1. The molecule has 0 fully saturated rings. The van der Waals surface area contributed by atoms with Gasteiger partial charge in [0.1, 0.15) is 0 Å². The molecule has 130 valence electrons. The highest BCUT2D eigenvalue weighted by molar-refractivity contribution is 7.80. The van der Waals surface area contributed by atoms with Crippen LogP contribution in [0, 0.1) is 0 Å². The van der Waals surface area contributed by atoms with Gasteiger partial charge in [-0.15, -0.1) is 6.58 Å². The van der Waals surface area contributed by atoms with E-state index in [2.05, 4.69) is 6.58 Å². The number of hydrogen-bond acceptors (Lipinski definition) is 2. The van der Waals surface area contributed by atoms with Gasteiger partial charge >= 0.3 is 0 Å². The highest BCUT2D eigenvalue weighted by Crippen LogP contribution is 2.51. The van der Waals surface area contributed by atoms with Gasteiger partial charge in [0.2, 0.25) is 0 Å². The summed E-state index contributed by atoms with van der Waals surface area (Å²) in [7, 11) is -3.19. The molecule has 0 aliphatic heterocycles. The second-order valence-electron chi connectivity index (χ2n) is 6.10. The number of carbonyl (C=O) groups is 1. The minimum Gasteiger partial charge on any atom is -0.313 e. The number of hydrogen-bond donors (Lipinski definition) is 0. The molecule has 0 amide bonds. The predicted octanol–water partition coefficient (Wildman–Crippen LogP) is 4.83. The molecule has 0 heterocycles. The Hall–Kier alpha value is -2.70. The van der Waals surface area contributed by atoms with Crippen LogP contribution in [-0.4, -0.2) is 11.4 Å². The second kappa shape index (κ2) is 8.12. The molecular formula is C23H21O2P. The van der Waals surface area contributed by atoms with Gasteiger partial charge in [0.25, 0.3) is 0 Å². The molecule has 3 heteroatoms. The first kappa shape index (κ1) is 18.1. The van der Waals surface area contributed by atoms with Crippen molar-refractivity contribution in [2.45, 2.75) is 12.1 Å². The van der Waals surface area contributed by atoms with Crippen LogP contribution in [-0.2, 0) is 4.57 Å². The molecule has 1 unspecified atom stereocenters. The molecule has 26 heavy (non-hydrogen) atoms. The summed E-state index contributed by atoms with van der Waals surface area (Å²) in [6.07, 6.45) is 2.04. The molecule has 3 aromatic carbocycles. The van der Waals surface area contributed by atoms with Crippen molar-refractivity contribution in [3.63, 3.8) is 0 Å². The monoisotopic (exact) mass is 360 g/mol. The van der Waals surface area contributed by atoms with E-state index in [1.54, 1.807) is 18.2 Å². The van der Waals surface area contributed by atoms with Crippen molar-refractivity contribution in [3.8, 4) is 0 Å². The van der Waals surface area contributed by atoms with Crippen LogP contribution in [0.4, 0.5) is 0 Å². The molecule has 1 atom stereocenters. The molecule has 3 rings (SSSR count). The molecule has 0 saturated heterocycles. The molecule has 2 nitrogen and oxygen atoms in total. The number of carbonyl (C=O) groups excluding carboxylic acids is 1. The largest absolute Gasteiger partial charge is 0.313 e. The Balaban J connectivity index is 2.20. The first-order valence-corrected chi connectivity index (χ1v) is 10.4. The third kappa shape index (κ3) is 3.47. The molecular weight excluding hydrogens is 339 g/mol. The first-order chi connectivity index (χ1) is 12.7. The Morgan fingerprint density at radius 1 is 0.808 bits per heavy atom. The van der Waals surface area contributed by atoms with Gasteiger partial charge < -0.3 is 4.57 Å². The van der Waals surface area contributed by atoms with E-state index in [4.69, 9.17) is 0 Å². The van der Waals surface area contributed by atoms with E-state index >= 15 is 0 Å². The highest BCUT2D eigenvalue weighted by Gasteiger charge is 2.40. The maximum Gasteiger partial charge on any atom is 0.174 e. The van der Waals surface area contributed by atoms with Crippen molar-refractivity contribution >= 4 is 23.5 Å². The van der Waals surface area contributed by atoms with Crippen molar-refractivity contribution in [1.82, 2.24) is 0 Å². The molecule has 0 bridgehead atoms. The summed E-state index contributed by atoms with van der Waals surface area (Å²) in [6, 6.07) is 27.7. The highest BCUT2D eigenvalue weighted by atomic mass is 31.2. The Labute approximate surface area is 154 Å².